The largest absolute Gasteiger partial charge is 0.475 e. The van der Waals surface area contributed by atoms with Crippen molar-refractivity contribution in [3.8, 4) is 0 Å². The van der Waals surface area contributed by atoms with Crippen LogP contribution in [0.15, 0.2) is 47.1 Å². The van der Waals surface area contributed by atoms with Crippen LogP contribution < -0.4 is 9.88 Å². The molecule has 2 aromatic heterocycles. The van der Waals surface area contributed by atoms with Crippen molar-refractivity contribution in [1.29, 1.82) is 0 Å². The molecule has 0 saturated carbocycles. The van der Waals surface area contributed by atoms with Gasteiger partial charge in [0.05, 0.1) is 13.3 Å². The molecule has 0 radical (unpaired) electrons. The van der Waals surface area contributed by atoms with Gasteiger partial charge in [0.25, 0.3) is 5.82 Å². The Hall–Kier alpha value is -2.82. The van der Waals surface area contributed by atoms with E-state index in [-0.39, 0.29) is 5.69 Å². The van der Waals surface area contributed by atoms with Gasteiger partial charge in [0.15, 0.2) is 0 Å². The minimum absolute atomic E-state index is 0.159. The van der Waals surface area contributed by atoms with Gasteiger partial charge in [-0.3, -0.25) is 0 Å². The van der Waals surface area contributed by atoms with Crippen LogP contribution in [-0.4, -0.2) is 11.1 Å². The first-order valence-corrected chi connectivity index (χ1v) is 6.53. The Labute approximate surface area is 121 Å². The van der Waals surface area contributed by atoms with E-state index in [4.69, 9.17) is 4.42 Å². The number of benzene rings is 1. The van der Waals surface area contributed by atoms with Crippen LogP contribution in [0.25, 0.3) is 11.0 Å². The summed E-state index contributed by atoms with van der Waals surface area (Å²) >= 11 is 0. The molecule has 0 aliphatic heterocycles. The first-order valence-electron chi connectivity index (χ1n) is 6.53. The highest BCUT2D eigenvalue weighted by Crippen LogP contribution is 2.25. The minimum Gasteiger partial charge on any atom is -0.475 e. The normalized spacial score (nSPS) is 10.8. The molecule has 0 fully saturated rings. The number of aryl methyl sites for hydroxylation is 1. The highest BCUT2D eigenvalue weighted by Gasteiger charge is 2.22. The van der Waals surface area contributed by atoms with Crippen molar-refractivity contribution < 1.29 is 18.9 Å². The number of hydrogen-bond donors (Lipinski definition) is 2. The maximum Gasteiger partial charge on any atom is 0.376 e. The minimum atomic E-state index is -0.997. The Kier molecular flexibility index (Phi) is 3.10. The Morgan fingerprint density at radius 3 is 2.62 bits per heavy atom. The second-order valence-corrected chi connectivity index (χ2v) is 4.93. The van der Waals surface area contributed by atoms with E-state index in [2.05, 4.69) is 5.32 Å². The number of aromatic nitrogens is 1. The van der Waals surface area contributed by atoms with Crippen LogP contribution in [0.2, 0.25) is 0 Å². The summed E-state index contributed by atoms with van der Waals surface area (Å²) < 4.78 is 6.96. The van der Waals surface area contributed by atoms with E-state index >= 15 is 0 Å². The zero-order valence-corrected chi connectivity index (χ0v) is 11.8. The number of rotatable bonds is 3. The number of nitrogens with one attached hydrogen (secondary N) is 1. The summed E-state index contributed by atoms with van der Waals surface area (Å²) in [6.07, 6.45) is 1.55. The van der Waals surface area contributed by atoms with Gasteiger partial charge in [-0.25, -0.2) is 14.7 Å². The van der Waals surface area contributed by atoms with E-state index < -0.39 is 5.97 Å². The van der Waals surface area contributed by atoms with Gasteiger partial charge in [-0.2, -0.15) is 0 Å². The second-order valence-electron chi connectivity index (χ2n) is 4.93. The van der Waals surface area contributed by atoms with E-state index in [0.29, 0.717) is 11.4 Å². The topological polar surface area (TPSA) is 66.3 Å². The quantitative estimate of drug-likeness (QED) is 0.725. The smallest absolute Gasteiger partial charge is 0.376 e. The maximum atomic E-state index is 11.3. The van der Waals surface area contributed by atoms with Crippen molar-refractivity contribution in [2.75, 3.05) is 5.32 Å². The standard InChI is InChI=1S/C16H14N2O3/c1-10-3-5-11(6-4-10)17-15-12-7-8-21-14(12)9-13(16(19)20)18(15)2/h3-9H,1-2H3,(H,19,20)/p+1. The Morgan fingerprint density at radius 2 is 1.95 bits per heavy atom. The number of carboxylic acid groups (broad SMARTS) is 1. The molecule has 1 aromatic carbocycles. The molecule has 106 valence electrons. The summed E-state index contributed by atoms with van der Waals surface area (Å²) in [5.74, 6) is -0.315. The Bertz CT molecular complexity index is 819. The van der Waals surface area contributed by atoms with E-state index in [1.807, 2.05) is 37.3 Å². The zero-order valence-electron chi connectivity index (χ0n) is 11.8. The summed E-state index contributed by atoms with van der Waals surface area (Å²) in [6.45, 7) is 2.02. The number of aromatic carboxylic acids is 1. The summed E-state index contributed by atoms with van der Waals surface area (Å²) in [5, 5.41) is 13.4. The molecule has 21 heavy (non-hydrogen) atoms. The summed E-state index contributed by atoms with van der Waals surface area (Å²) in [6, 6.07) is 11.2. The van der Waals surface area contributed by atoms with Crippen LogP contribution >= 0.6 is 0 Å². The number of carbonyl (C=O) groups is 1. The van der Waals surface area contributed by atoms with Crippen LogP contribution in [-0.2, 0) is 7.05 Å². The van der Waals surface area contributed by atoms with Crippen molar-refractivity contribution in [2.45, 2.75) is 6.92 Å². The summed E-state index contributed by atoms with van der Waals surface area (Å²) in [4.78, 5) is 11.3. The molecule has 0 aliphatic rings. The number of nitrogens with zero attached hydrogens (tertiary/aromatic N) is 1. The van der Waals surface area contributed by atoms with Gasteiger partial charge in [0, 0.05) is 6.07 Å². The lowest BCUT2D eigenvalue weighted by Gasteiger charge is -2.07. The fraction of sp³-hybridized carbons (Fsp3) is 0.125. The highest BCUT2D eigenvalue weighted by atomic mass is 16.4. The second kappa shape index (κ2) is 4.94. The third-order valence-electron chi connectivity index (χ3n) is 3.45. The van der Waals surface area contributed by atoms with Crippen LogP contribution in [0.3, 0.4) is 0 Å². The summed E-state index contributed by atoms with van der Waals surface area (Å²) in [5.41, 5.74) is 2.76. The maximum absolute atomic E-state index is 11.3. The molecule has 5 nitrogen and oxygen atoms in total. The molecule has 2 N–H and O–H groups in total. The number of furan rings is 1. The van der Waals surface area contributed by atoms with Gasteiger partial charge < -0.3 is 9.52 Å². The predicted octanol–water partition coefficient (Wildman–Crippen LogP) is 3.01. The van der Waals surface area contributed by atoms with E-state index in [1.165, 1.54) is 6.07 Å². The molecule has 5 heteroatoms. The first kappa shape index (κ1) is 13.2. The molecule has 0 saturated heterocycles. The van der Waals surface area contributed by atoms with Crippen molar-refractivity contribution in [2.24, 2.45) is 7.05 Å². The molecule has 0 bridgehead atoms. The molecule has 0 spiro atoms. The molecule has 0 amide bonds. The Balaban J connectivity index is 2.15. The van der Waals surface area contributed by atoms with Crippen molar-refractivity contribution in [3.63, 3.8) is 0 Å². The third-order valence-corrected chi connectivity index (χ3v) is 3.45. The highest BCUT2D eigenvalue weighted by molar-refractivity contribution is 5.93. The van der Waals surface area contributed by atoms with Crippen LogP contribution in [0, 0.1) is 6.92 Å². The lowest BCUT2D eigenvalue weighted by molar-refractivity contribution is -0.658. The lowest BCUT2D eigenvalue weighted by atomic mass is 10.2. The van der Waals surface area contributed by atoms with E-state index in [0.717, 1.165) is 16.6 Å². The number of pyridine rings is 1. The average Bonchev–Trinajstić information content (AvgIpc) is 2.91. The lowest BCUT2D eigenvalue weighted by Crippen LogP contribution is -2.38. The molecule has 0 aliphatic carbocycles. The van der Waals surface area contributed by atoms with Gasteiger partial charge in [0.1, 0.15) is 16.7 Å². The average molecular weight is 283 g/mol. The first-order chi connectivity index (χ1) is 10.1. The fourth-order valence-corrected chi connectivity index (χ4v) is 2.28. The van der Waals surface area contributed by atoms with E-state index in [9.17, 15) is 9.90 Å². The fourth-order valence-electron chi connectivity index (χ4n) is 2.28. The van der Waals surface area contributed by atoms with Crippen molar-refractivity contribution >= 4 is 28.4 Å². The van der Waals surface area contributed by atoms with Gasteiger partial charge >= 0.3 is 5.97 Å². The summed E-state index contributed by atoms with van der Waals surface area (Å²) in [7, 11) is 1.71. The van der Waals surface area contributed by atoms with Crippen molar-refractivity contribution in [1.82, 2.24) is 0 Å². The van der Waals surface area contributed by atoms with E-state index in [1.54, 1.807) is 17.9 Å². The zero-order chi connectivity index (χ0) is 15.0. The van der Waals surface area contributed by atoms with Gasteiger partial charge in [-0.1, -0.05) is 17.7 Å². The molecular formula is C16H15N2O3+. The molecule has 3 rings (SSSR count). The van der Waals surface area contributed by atoms with Crippen LogP contribution in [0.5, 0.6) is 0 Å². The number of hydrogen-bond acceptors (Lipinski definition) is 3. The molecule has 0 unspecified atom stereocenters. The predicted molar refractivity (Wildman–Crippen MR) is 78.8 cm³/mol. The number of anilines is 2. The SMILES string of the molecule is Cc1ccc(Nc2c3ccoc3cc(C(=O)O)[n+]2C)cc1. The molecular weight excluding hydrogens is 268 g/mol. The number of fused-ring (bicyclic) bond motifs is 1. The molecule has 0 atom stereocenters. The van der Waals surface area contributed by atoms with Gasteiger partial charge in [0.2, 0.25) is 5.69 Å². The number of carboxylic acids is 1. The van der Waals surface area contributed by atoms with Crippen molar-refractivity contribution in [3.05, 3.63) is 53.9 Å². The Morgan fingerprint density at radius 1 is 1.24 bits per heavy atom. The van der Waals surface area contributed by atoms with Crippen LogP contribution in [0.1, 0.15) is 16.1 Å². The third kappa shape index (κ3) is 2.33. The molecule has 2 heterocycles. The van der Waals surface area contributed by atoms with Crippen LogP contribution in [0.4, 0.5) is 11.5 Å². The van der Waals surface area contributed by atoms with Gasteiger partial charge in [-0.05, 0) is 25.1 Å². The molecule has 3 aromatic rings. The van der Waals surface area contributed by atoms with Gasteiger partial charge in [-0.15, -0.1) is 0 Å². The monoisotopic (exact) mass is 283 g/mol.